The largest absolute Gasteiger partial charge is 0.493 e. The molecule has 26 heavy (non-hydrogen) atoms. The predicted octanol–water partition coefficient (Wildman–Crippen LogP) is 4.15. The number of anilines is 1. The van der Waals surface area contributed by atoms with Crippen LogP contribution in [-0.2, 0) is 11.2 Å². The maximum atomic E-state index is 13.8. The van der Waals surface area contributed by atoms with E-state index in [9.17, 15) is 9.18 Å². The highest BCUT2D eigenvalue weighted by molar-refractivity contribution is 7.15. The van der Waals surface area contributed by atoms with Crippen molar-refractivity contribution in [3.8, 4) is 22.1 Å². The van der Waals surface area contributed by atoms with Crippen LogP contribution in [0.15, 0.2) is 48.7 Å². The average molecular weight is 372 g/mol. The molecule has 3 aromatic rings. The van der Waals surface area contributed by atoms with Gasteiger partial charge in [-0.2, -0.15) is 0 Å². The second-order valence-electron chi connectivity index (χ2n) is 5.41. The van der Waals surface area contributed by atoms with Gasteiger partial charge in [0.15, 0.2) is 11.5 Å². The number of rotatable bonds is 6. The van der Waals surface area contributed by atoms with Crippen LogP contribution in [0, 0.1) is 5.82 Å². The van der Waals surface area contributed by atoms with Gasteiger partial charge in [-0.1, -0.05) is 12.1 Å². The van der Waals surface area contributed by atoms with Crippen LogP contribution in [0.25, 0.3) is 10.6 Å². The fourth-order valence-electron chi connectivity index (χ4n) is 2.43. The summed E-state index contributed by atoms with van der Waals surface area (Å²) in [7, 11) is 3.08. The summed E-state index contributed by atoms with van der Waals surface area (Å²) < 4.78 is 24.2. The van der Waals surface area contributed by atoms with Crippen LogP contribution >= 0.6 is 11.3 Å². The number of aromatic nitrogens is 1. The van der Waals surface area contributed by atoms with E-state index < -0.39 is 0 Å². The van der Waals surface area contributed by atoms with E-state index in [2.05, 4.69) is 10.3 Å². The number of amides is 1. The maximum absolute atomic E-state index is 13.8. The summed E-state index contributed by atoms with van der Waals surface area (Å²) in [5, 5.41) is 3.36. The molecule has 1 N–H and O–H groups in total. The number of benzene rings is 2. The van der Waals surface area contributed by atoms with Crippen molar-refractivity contribution in [2.45, 2.75) is 6.42 Å². The molecule has 0 fully saturated rings. The summed E-state index contributed by atoms with van der Waals surface area (Å²) in [4.78, 5) is 17.2. The molecule has 0 radical (unpaired) electrons. The first kappa shape index (κ1) is 17.9. The molecule has 134 valence electrons. The first-order valence-corrected chi connectivity index (χ1v) is 8.64. The SMILES string of the molecule is COc1ccc(NC(=O)Cc2cnc(-c3ccccc3F)s2)cc1OC. The lowest BCUT2D eigenvalue weighted by molar-refractivity contribution is -0.115. The molecule has 0 aliphatic rings. The molecule has 1 heterocycles. The summed E-state index contributed by atoms with van der Waals surface area (Å²) in [6.45, 7) is 0. The highest BCUT2D eigenvalue weighted by atomic mass is 32.1. The van der Waals surface area contributed by atoms with Crippen LogP contribution in [-0.4, -0.2) is 25.1 Å². The highest BCUT2D eigenvalue weighted by Gasteiger charge is 2.12. The zero-order chi connectivity index (χ0) is 18.5. The fourth-order valence-corrected chi connectivity index (χ4v) is 3.36. The molecule has 2 aromatic carbocycles. The number of nitrogens with zero attached hydrogens (tertiary/aromatic N) is 1. The first-order chi connectivity index (χ1) is 12.6. The number of methoxy groups -OCH3 is 2. The van der Waals surface area contributed by atoms with Crippen LogP contribution in [0.2, 0.25) is 0 Å². The Labute approximate surface area is 154 Å². The van der Waals surface area contributed by atoms with Crippen molar-refractivity contribution in [1.82, 2.24) is 4.98 Å². The smallest absolute Gasteiger partial charge is 0.229 e. The molecule has 0 unspecified atom stereocenters. The van der Waals surface area contributed by atoms with Crippen LogP contribution in [0.4, 0.5) is 10.1 Å². The van der Waals surface area contributed by atoms with Gasteiger partial charge in [0.05, 0.1) is 20.6 Å². The van der Waals surface area contributed by atoms with Crippen LogP contribution in [0.3, 0.4) is 0 Å². The standard InChI is InChI=1S/C19H17FN2O3S/c1-24-16-8-7-12(9-17(16)25-2)22-18(23)10-13-11-21-19(26-13)14-5-3-4-6-15(14)20/h3-9,11H,10H2,1-2H3,(H,22,23). The fraction of sp³-hybridized carbons (Fsp3) is 0.158. The summed E-state index contributed by atoms with van der Waals surface area (Å²) in [5.41, 5.74) is 1.04. The lowest BCUT2D eigenvalue weighted by Crippen LogP contribution is -2.13. The minimum Gasteiger partial charge on any atom is -0.493 e. The topological polar surface area (TPSA) is 60.5 Å². The van der Waals surface area contributed by atoms with Crippen molar-refractivity contribution in [1.29, 1.82) is 0 Å². The molecular formula is C19H17FN2O3S. The third-order valence-corrected chi connectivity index (χ3v) is 4.69. The van der Waals surface area contributed by atoms with E-state index in [0.717, 1.165) is 4.88 Å². The molecule has 0 aliphatic carbocycles. The molecule has 5 nitrogen and oxygen atoms in total. The summed E-state index contributed by atoms with van der Waals surface area (Å²) in [6, 6.07) is 11.6. The highest BCUT2D eigenvalue weighted by Crippen LogP contribution is 2.30. The van der Waals surface area contributed by atoms with Crippen molar-refractivity contribution in [3.63, 3.8) is 0 Å². The van der Waals surface area contributed by atoms with Gasteiger partial charge in [0.2, 0.25) is 5.91 Å². The molecule has 0 saturated heterocycles. The van der Waals surface area contributed by atoms with E-state index in [1.807, 2.05) is 0 Å². The molecular weight excluding hydrogens is 355 g/mol. The van der Waals surface area contributed by atoms with Gasteiger partial charge in [0.25, 0.3) is 0 Å². The second kappa shape index (κ2) is 7.97. The average Bonchev–Trinajstić information content (AvgIpc) is 3.10. The van der Waals surface area contributed by atoms with Crippen LogP contribution < -0.4 is 14.8 Å². The van der Waals surface area contributed by atoms with Gasteiger partial charge < -0.3 is 14.8 Å². The van der Waals surface area contributed by atoms with E-state index in [1.54, 1.807) is 49.7 Å². The van der Waals surface area contributed by atoms with E-state index in [1.165, 1.54) is 24.5 Å². The van der Waals surface area contributed by atoms with Crippen molar-refractivity contribution in [2.75, 3.05) is 19.5 Å². The van der Waals surface area contributed by atoms with Gasteiger partial charge in [-0.05, 0) is 24.3 Å². The minimum absolute atomic E-state index is 0.153. The normalized spacial score (nSPS) is 10.4. The number of hydrogen-bond acceptors (Lipinski definition) is 5. The first-order valence-electron chi connectivity index (χ1n) is 7.82. The van der Waals surface area contributed by atoms with Crippen molar-refractivity contribution in [2.24, 2.45) is 0 Å². The van der Waals surface area contributed by atoms with Gasteiger partial charge in [-0.15, -0.1) is 11.3 Å². The second-order valence-corrected chi connectivity index (χ2v) is 6.52. The quantitative estimate of drug-likeness (QED) is 0.706. The van der Waals surface area contributed by atoms with E-state index in [0.29, 0.717) is 27.8 Å². The third kappa shape index (κ3) is 4.00. The number of hydrogen-bond donors (Lipinski definition) is 1. The Morgan fingerprint density at radius 3 is 2.65 bits per heavy atom. The molecule has 0 atom stereocenters. The Hall–Kier alpha value is -2.93. The molecule has 1 aromatic heterocycles. The number of thiazole rings is 1. The van der Waals surface area contributed by atoms with E-state index >= 15 is 0 Å². The molecule has 1 amide bonds. The number of ether oxygens (including phenoxy) is 2. The molecule has 7 heteroatoms. The number of carbonyl (C=O) groups excluding carboxylic acids is 1. The van der Waals surface area contributed by atoms with Gasteiger partial charge in [0, 0.05) is 28.4 Å². The summed E-state index contributed by atoms with van der Waals surface area (Å²) >= 11 is 1.30. The van der Waals surface area contributed by atoms with Gasteiger partial charge >= 0.3 is 0 Å². The van der Waals surface area contributed by atoms with Crippen molar-refractivity contribution < 1.29 is 18.7 Å². The van der Waals surface area contributed by atoms with Gasteiger partial charge in [0.1, 0.15) is 10.8 Å². The van der Waals surface area contributed by atoms with Crippen LogP contribution in [0.1, 0.15) is 4.88 Å². The van der Waals surface area contributed by atoms with E-state index in [4.69, 9.17) is 9.47 Å². The van der Waals surface area contributed by atoms with Crippen LogP contribution in [0.5, 0.6) is 11.5 Å². The molecule has 0 bridgehead atoms. The molecule has 3 rings (SSSR count). The Kier molecular flexibility index (Phi) is 5.48. The van der Waals surface area contributed by atoms with E-state index in [-0.39, 0.29) is 18.1 Å². The molecule has 0 saturated carbocycles. The van der Waals surface area contributed by atoms with Crippen molar-refractivity contribution >= 4 is 22.9 Å². The van der Waals surface area contributed by atoms with Gasteiger partial charge in [-0.3, -0.25) is 4.79 Å². The Morgan fingerprint density at radius 2 is 1.92 bits per heavy atom. The number of carbonyl (C=O) groups is 1. The lowest BCUT2D eigenvalue weighted by atomic mass is 10.2. The monoisotopic (exact) mass is 372 g/mol. The Morgan fingerprint density at radius 1 is 1.15 bits per heavy atom. The zero-order valence-electron chi connectivity index (χ0n) is 14.3. The van der Waals surface area contributed by atoms with Crippen molar-refractivity contribution in [3.05, 3.63) is 59.4 Å². The summed E-state index contributed by atoms with van der Waals surface area (Å²) in [5.74, 6) is 0.594. The lowest BCUT2D eigenvalue weighted by Gasteiger charge is -2.10. The zero-order valence-corrected chi connectivity index (χ0v) is 15.1. The minimum atomic E-state index is -0.330. The third-order valence-electron chi connectivity index (χ3n) is 3.66. The number of halogens is 1. The maximum Gasteiger partial charge on any atom is 0.229 e. The number of nitrogens with one attached hydrogen (secondary N) is 1. The molecule has 0 spiro atoms. The molecule has 0 aliphatic heterocycles. The summed E-state index contributed by atoms with van der Waals surface area (Å²) in [6.07, 6.45) is 1.75. The van der Waals surface area contributed by atoms with Gasteiger partial charge in [-0.25, -0.2) is 9.37 Å². The Balaban J connectivity index is 1.68. The predicted molar refractivity (Wildman–Crippen MR) is 99.4 cm³/mol. The Bertz CT molecular complexity index is 927.